The lowest BCUT2D eigenvalue weighted by Gasteiger charge is -2.17. The summed E-state index contributed by atoms with van der Waals surface area (Å²) < 4.78 is 27.4. The fraction of sp³-hybridized carbons (Fsp3) is 0.297. The number of aromatic carboxylic acids is 1. The Balaban J connectivity index is 1.28. The zero-order valence-electron chi connectivity index (χ0n) is 27.1. The number of aliphatic carboxylic acids is 1. The van der Waals surface area contributed by atoms with Crippen LogP contribution in [0.4, 0.5) is 5.69 Å². The maximum atomic E-state index is 13.8. The number of hydrogen-bond donors (Lipinski definition) is 3. The van der Waals surface area contributed by atoms with Crippen molar-refractivity contribution in [3.63, 3.8) is 0 Å². The number of hydrogen-bond acceptors (Lipinski definition) is 7. The molecule has 1 aliphatic rings. The molecule has 3 aromatic carbocycles. The van der Waals surface area contributed by atoms with Crippen LogP contribution in [0.3, 0.4) is 0 Å². The van der Waals surface area contributed by atoms with Gasteiger partial charge in [0.15, 0.2) is 5.78 Å². The third kappa shape index (κ3) is 8.88. The van der Waals surface area contributed by atoms with Crippen LogP contribution in [0.25, 0.3) is 0 Å². The van der Waals surface area contributed by atoms with E-state index in [1.165, 1.54) is 36.6 Å². The predicted octanol–water partition coefficient (Wildman–Crippen LogP) is 6.27. The van der Waals surface area contributed by atoms with E-state index in [4.69, 9.17) is 10.2 Å². The van der Waals surface area contributed by atoms with E-state index < -0.39 is 22.0 Å². The van der Waals surface area contributed by atoms with E-state index in [2.05, 4.69) is 5.32 Å². The van der Waals surface area contributed by atoms with Gasteiger partial charge in [-0.1, -0.05) is 36.4 Å². The number of aryl methyl sites for hydroxylation is 3. The first-order valence-corrected chi connectivity index (χ1v) is 18.4. The van der Waals surface area contributed by atoms with Crippen molar-refractivity contribution in [2.75, 3.05) is 18.9 Å². The summed E-state index contributed by atoms with van der Waals surface area (Å²) in [6.07, 6.45) is 4.98. The monoisotopic (exact) mass is 702 g/mol. The maximum absolute atomic E-state index is 13.8. The molecule has 0 fully saturated rings. The van der Waals surface area contributed by atoms with Crippen LogP contribution in [-0.2, 0) is 46.9 Å². The summed E-state index contributed by atoms with van der Waals surface area (Å²) >= 11 is 1.47. The molecule has 0 saturated heterocycles. The summed E-state index contributed by atoms with van der Waals surface area (Å²) in [5, 5.41) is 21.0. The average Bonchev–Trinajstić information content (AvgIpc) is 3.45. The zero-order chi connectivity index (χ0) is 35.1. The number of carbonyl (C=O) groups is 4. The van der Waals surface area contributed by atoms with Gasteiger partial charge in [-0.2, -0.15) is 0 Å². The summed E-state index contributed by atoms with van der Waals surface area (Å²) in [4.78, 5) is 51.0. The van der Waals surface area contributed by atoms with Gasteiger partial charge in [0.2, 0.25) is 10.0 Å². The molecule has 256 valence electrons. The fourth-order valence-corrected chi connectivity index (χ4v) is 8.54. The van der Waals surface area contributed by atoms with Crippen molar-refractivity contribution in [1.82, 2.24) is 4.31 Å². The highest BCUT2D eigenvalue weighted by Gasteiger charge is 2.28. The number of benzene rings is 3. The molecule has 12 heteroatoms. The van der Waals surface area contributed by atoms with Gasteiger partial charge < -0.3 is 15.5 Å². The van der Waals surface area contributed by atoms with E-state index in [9.17, 15) is 27.6 Å². The third-order valence-corrected chi connectivity index (χ3v) is 11.8. The Morgan fingerprint density at radius 2 is 1.51 bits per heavy atom. The molecular formula is C37H38N2O8S2. The van der Waals surface area contributed by atoms with Crippen LogP contribution in [0, 0.1) is 0 Å². The van der Waals surface area contributed by atoms with Crippen LogP contribution in [0.1, 0.15) is 83.2 Å². The second-order valence-electron chi connectivity index (χ2n) is 12.1. The van der Waals surface area contributed by atoms with E-state index in [-0.39, 0.29) is 53.5 Å². The molecule has 0 spiro atoms. The number of carboxylic acid groups (broad SMARTS) is 2. The van der Waals surface area contributed by atoms with Gasteiger partial charge in [0.05, 0.1) is 16.0 Å². The molecule has 0 unspecified atom stereocenters. The van der Waals surface area contributed by atoms with Crippen LogP contribution in [0.2, 0.25) is 0 Å². The van der Waals surface area contributed by atoms with Crippen molar-refractivity contribution in [3.8, 4) is 0 Å². The number of ketones is 1. The maximum Gasteiger partial charge on any atom is 0.335 e. The molecule has 10 nitrogen and oxygen atoms in total. The number of thiophene rings is 1. The van der Waals surface area contributed by atoms with Crippen LogP contribution < -0.4 is 5.32 Å². The van der Waals surface area contributed by atoms with E-state index in [0.717, 1.165) is 64.4 Å². The van der Waals surface area contributed by atoms with Crippen LogP contribution in [0.5, 0.6) is 0 Å². The normalized spacial score (nSPS) is 12.8. The Hall–Kier alpha value is -4.65. The summed E-state index contributed by atoms with van der Waals surface area (Å²) in [6, 6.07) is 20.2. The third-order valence-electron chi connectivity index (χ3n) is 8.64. The highest BCUT2D eigenvalue weighted by molar-refractivity contribution is 7.89. The Morgan fingerprint density at radius 3 is 2.16 bits per heavy atom. The fourth-order valence-electron chi connectivity index (χ4n) is 5.89. The van der Waals surface area contributed by atoms with Crippen molar-refractivity contribution in [1.29, 1.82) is 0 Å². The molecule has 49 heavy (non-hydrogen) atoms. The van der Waals surface area contributed by atoms with E-state index in [0.29, 0.717) is 16.1 Å². The first kappa shape index (κ1) is 35.7. The molecule has 0 aliphatic heterocycles. The van der Waals surface area contributed by atoms with Gasteiger partial charge in [-0.3, -0.25) is 14.4 Å². The molecule has 1 aromatic heterocycles. The molecule has 0 radical (unpaired) electrons. The molecule has 1 heterocycles. The number of nitrogens with one attached hydrogen (secondary N) is 1. The highest BCUT2D eigenvalue weighted by atomic mass is 32.2. The van der Waals surface area contributed by atoms with Crippen molar-refractivity contribution < 1.29 is 37.8 Å². The van der Waals surface area contributed by atoms with Crippen LogP contribution in [0.15, 0.2) is 77.7 Å². The molecule has 0 bridgehead atoms. The molecule has 0 atom stereocenters. The van der Waals surface area contributed by atoms with Crippen molar-refractivity contribution in [3.05, 3.63) is 116 Å². The van der Waals surface area contributed by atoms with Gasteiger partial charge >= 0.3 is 11.9 Å². The SMILES string of the molecule is CN(CCCC(=O)O)S(=O)(=O)c1cccc(C(=O)Cc2sc3c(c2C(=O)Nc2ccc(CCc4ccc(C(=O)O)cc4)cc2)CCCC3)c1. The number of carbonyl (C=O) groups excluding carboxylic acids is 2. The second-order valence-corrected chi connectivity index (χ2v) is 15.3. The second kappa shape index (κ2) is 15.7. The van der Waals surface area contributed by atoms with Gasteiger partial charge in [0, 0.05) is 47.4 Å². The number of fused-ring (bicyclic) bond motifs is 1. The Labute approximate surface area is 289 Å². The van der Waals surface area contributed by atoms with Gasteiger partial charge in [0.1, 0.15) is 0 Å². The lowest BCUT2D eigenvalue weighted by Crippen LogP contribution is -2.28. The summed E-state index contributed by atoms with van der Waals surface area (Å²) in [6.45, 7) is 0.0271. The quantitative estimate of drug-likeness (QED) is 0.122. The number of sulfonamides is 1. The average molecular weight is 703 g/mol. The largest absolute Gasteiger partial charge is 0.481 e. The van der Waals surface area contributed by atoms with Gasteiger partial charge in [-0.25, -0.2) is 17.5 Å². The molecule has 4 aromatic rings. The van der Waals surface area contributed by atoms with E-state index in [1.807, 2.05) is 36.4 Å². The topological polar surface area (TPSA) is 158 Å². The standard InChI is InChI=1S/C37H38N2O8S2/c1-39(21-5-10-34(41)42)49(46,47)29-7-4-6-27(22-29)31(40)23-33-35(30-8-2-3-9-32(30)48-33)36(43)38-28-19-15-25(16-20-28)12-11-24-13-17-26(18-14-24)37(44)45/h4,6-7,13-20,22H,2-3,5,8-12,21,23H2,1H3,(H,38,43)(H,41,42)(H,44,45). The smallest absolute Gasteiger partial charge is 0.335 e. The minimum absolute atomic E-state index is 0.0271. The molecule has 0 saturated carbocycles. The van der Waals surface area contributed by atoms with E-state index in [1.54, 1.807) is 18.2 Å². The number of carboxylic acids is 2. The van der Waals surface area contributed by atoms with Gasteiger partial charge in [-0.15, -0.1) is 11.3 Å². The van der Waals surface area contributed by atoms with E-state index >= 15 is 0 Å². The molecule has 1 amide bonds. The number of anilines is 1. The Bertz CT molecular complexity index is 1970. The predicted molar refractivity (Wildman–Crippen MR) is 187 cm³/mol. The zero-order valence-corrected chi connectivity index (χ0v) is 28.7. The summed E-state index contributed by atoms with van der Waals surface area (Å²) in [7, 11) is -2.56. The Kier molecular flexibility index (Phi) is 11.4. The lowest BCUT2D eigenvalue weighted by atomic mass is 9.93. The summed E-state index contributed by atoms with van der Waals surface area (Å²) in [5.74, 6) is -2.55. The number of nitrogens with zero attached hydrogens (tertiary/aromatic N) is 1. The minimum atomic E-state index is -3.94. The number of Topliss-reactive ketones (excluding diaryl/α,β-unsaturated/α-hetero) is 1. The molecule has 5 rings (SSSR count). The molecule has 3 N–H and O–H groups in total. The first-order chi connectivity index (χ1) is 23.4. The van der Waals surface area contributed by atoms with Crippen LogP contribution >= 0.6 is 11.3 Å². The molecular weight excluding hydrogens is 665 g/mol. The highest BCUT2D eigenvalue weighted by Crippen LogP contribution is 2.36. The lowest BCUT2D eigenvalue weighted by molar-refractivity contribution is -0.137. The van der Waals surface area contributed by atoms with Gasteiger partial charge in [-0.05, 0) is 98.0 Å². The number of rotatable bonds is 15. The van der Waals surface area contributed by atoms with Gasteiger partial charge in [0.25, 0.3) is 5.91 Å². The summed E-state index contributed by atoms with van der Waals surface area (Å²) in [5.41, 5.74) is 4.67. The molecule has 1 aliphatic carbocycles. The minimum Gasteiger partial charge on any atom is -0.481 e. The number of amides is 1. The van der Waals surface area contributed by atoms with Crippen molar-refractivity contribution >= 4 is 50.7 Å². The first-order valence-electron chi connectivity index (χ1n) is 16.1. The van der Waals surface area contributed by atoms with Crippen molar-refractivity contribution in [2.45, 2.75) is 62.7 Å². The Morgan fingerprint density at radius 1 is 0.857 bits per heavy atom. The van der Waals surface area contributed by atoms with Crippen LogP contribution in [-0.4, -0.2) is 60.2 Å². The van der Waals surface area contributed by atoms with Crippen molar-refractivity contribution in [2.24, 2.45) is 0 Å².